The minimum atomic E-state index is -0.365. The first kappa shape index (κ1) is 20.7. The average molecular weight is 358 g/mol. The van der Waals surface area contributed by atoms with Crippen LogP contribution in [0.1, 0.15) is 45.7 Å². The maximum Gasteiger partial charge on any atom is 0.495 e. The number of methoxy groups -OCH3 is 1. The van der Waals surface area contributed by atoms with Gasteiger partial charge < -0.3 is 19.8 Å². The van der Waals surface area contributed by atoms with Crippen LogP contribution in [-0.2, 0) is 14.0 Å². The molecule has 1 fully saturated rings. The normalized spacial score (nSPS) is 19.9. The predicted octanol–water partition coefficient (Wildman–Crippen LogP) is 2.70. The van der Waals surface area contributed by atoms with E-state index in [4.69, 9.17) is 19.8 Å². The number of allylic oxidation sites excluding steroid dienone is 1. The molecule has 2 N–H and O–H groups in total. The maximum absolute atomic E-state index is 6.17. The van der Waals surface area contributed by atoms with Crippen molar-refractivity contribution in [2.75, 3.05) is 20.3 Å². The zero-order valence-corrected chi connectivity index (χ0v) is 17.1. The van der Waals surface area contributed by atoms with Crippen LogP contribution in [0, 0.1) is 6.92 Å². The molecule has 26 heavy (non-hydrogen) atoms. The quantitative estimate of drug-likeness (QED) is 0.482. The molecular formula is C20H31BN2O3. The highest BCUT2D eigenvalue weighted by atomic mass is 16.7. The van der Waals surface area contributed by atoms with Crippen molar-refractivity contribution < 1.29 is 14.0 Å². The third-order valence-electron chi connectivity index (χ3n) is 5.29. The monoisotopic (exact) mass is 358 g/mol. The number of aryl methyl sites for hydroxylation is 1. The number of hydrogen-bond donors (Lipinski definition) is 1. The number of nitrogens with zero attached hydrogens (tertiary/aromatic N) is 1. The molecule has 1 aliphatic rings. The molecule has 0 bridgehead atoms. The van der Waals surface area contributed by atoms with E-state index >= 15 is 0 Å². The second kappa shape index (κ2) is 7.95. The van der Waals surface area contributed by atoms with E-state index < -0.39 is 0 Å². The highest BCUT2D eigenvalue weighted by molar-refractivity contribution is 6.62. The van der Waals surface area contributed by atoms with Gasteiger partial charge in [0.25, 0.3) is 0 Å². The molecule has 2 rings (SSSR count). The maximum atomic E-state index is 6.17. The van der Waals surface area contributed by atoms with Gasteiger partial charge in [-0.2, -0.15) is 0 Å². The number of hydrogen-bond acceptors (Lipinski definition) is 5. The zero-order valence-electron chi connectivity index (χ0n) is 17.1. The molecule has 6 heteroatoms. The Morgan fingerprint density at radius 2 is 1.85 bits per heavy atom. The molecular weight excluding hydrogens is 327 g/mol. The lowest BCUT2D eigenvalue weighted by atomic mass is 9.75. The van der Waals surface area contributed by atoms with Crippen LogP contribution in [0.25, 0.3) is 5.57 Å². The first-order chi connectivity index (χ1) is 12.1. The Morgan fingerprint density at radius 3 is 2.35 bits per heavy atom. The summed E-state index contributed by atoms with van der Waals surface area (Å²) < 4.78 is 17.4. The van der Waals surface area contributed by atoms with Crippen molar-refractivity contribution in [3.8, 4) is 0 Å². The second-order valence-electron chi connectivity index (χ2n) is 7.70. The van der Waals surface area contributed by atoms with Crippen molar-refractivity contribution in [2.24, 2.45) is 10.7 Å². The smallest absolute Gasteiger partial charge is 0.404 e. The van der Waals surface area contributed by atoms with E-state index in [2.05, 4.69) is 51.7 Å². The van der Waals surface area contributed by atoms with Crippen molar-refractivity contribution >= 4 is 23.9 Å². The summed E-state index contributed by atoms with van der Waals surface area (Å²) in [5, 5.41) is 0. The Hall–Kier alpha value is -1.63. The molecule has 5 nitrogen and oxygen atoms in total. The van der Waals surface area contributed by atoms with Gasteiger partial charge in [0.15, 0.2) is 0 Å². The lowest BCUT2D eigenvalue weighted by Crippen LogP contribution is -2.41. The van der Waals surface area contributed by atoms with Gasteiger partial charge in [0, 0.05) is 24.6 Å². The average Bonchev–Trinajstić information content (AvgIpc) is 2.76. The van der Waals surface area contributed by atoms with Gasteiger partial charge >= 0.3 is 7.12 Å². The zero-order chi connectivity index (χ0) is 19.5. The van der Waals surface area contributed by atoms with Gasteiger partial charge in [0.1, 0.15) is 0 Å². The fraction of sp³-hybridized carbons (Fsp3) is 0.550. The summed E-state index contributed by atoms with van der Waals surface area (Å²) in [4.78, 5) is 4.52. The van der Waals surface area contributed by atoms with E-state index in [9.17, 15) is 0 Å². The van der Waals surface area contributed by atoms with E-state index in [1.807, 2.05) is 13.0 Å². The highest BCUT2D eigenvalue weighted by Gasteiger charge is 2.52. The van der Waals surface area contributed by atoms with E-state index in [-0.39, 0.29) is 18.3 Å². The van der Waals surface area contributed by atoms with Crippen molar-refractivity contribution in [2.45, 2.75) is 52.7 Å². The van der Waals surface area contributed by atoms with Crippen molar-refractivity contribution in [1.82, 2.24) is 0 Å². The Bertz CT molecular complexity index is 695. The predicted molar refractivity (Wildman–Crippen MR) is 109 cm³/mol. The molecule has 1 heterocycles. The largest absolute Gasteiger partial charge is 0.495 e. The fourth-order valence-electron chi connectivity index (χ4n) is 2.89. The number of rotatable bonds is 6. The summed E-state index contributed by atoms with van der Waals surface area (Å²) in [6.45, 7) is 13.5. The Kier molecular flexibility index (Phi) is 6.32. The van der Waals surface area contributed by atoms with Crippen LogP contribution in [0.2, 0.25) is 0 Å². The van der Waals surface area contributed by atoms with Gasteiger partial charge in [-0.25, -0.2) is 0 Å². The molecule has 1 saturated heterocycles. The molecule has 0 saturated carbocycles. The second-order valence-corrected chi connectivity index (χ2v) is 7.70. The van der Waals surface area contributed by atoms with Crippen LogP contribution in [-0.4, -0.2) is 44.3 Å². The van der Waals surface area contributed by atoms with Crippen molar-refractivity contribution in [3.05, 3.63) is 35.5 Å². The third-order valence-corrected chi connectivity index (χ3v) is 5.29. The summed E-state index contributed by atoms with van der Waals surface area (Å²) in [5.74, 6) is 0. The lowest BCUT2D eigenvalue weighted by Gasteiger charge is -2.32. The summed E-state index contributed by atoms with van der Waals surface area (Å²) >= 11 is 0. The van der Waals surface area contributed by atoms with Gasteiger partial charge in [-0.05, 0) is 52.6 Å². The van der Waals surface area contributed by atoms with Crippen molar-refractivity contribution in [3.63, 3.8) is 0 Å². The topological polar surface area (TPSA) is 66.1 Å². The molecule has 142 valence electrons. The standard InChI is InChI=1S/C20H31BN2O3/c1-14-12-16(17(13-22)15(2)23-10-11-24-7)8-9-18(14)21-25-19(3,4)20(5,6)26-21/h8-9,12-13H,10-11,22H2,1-7H3/b17-13+,23-15?. The minimum absolute atomic E-state index is 0.351. The first-order valence-electron chi connectivity index (χ1n) is 9.02. The van der Waals surface area contributed by atoms with Crippen LogP contribution in [0.4, 0.5) is 0 Å². The van der Waals surface area contributed by atoms with Crippen molar-refractivity contribution in [1.29, 1.82) is 0 Å². The first-order valence-corrected chi connectivity index (χ1v) is 9.02. The van der Waals surface area contributed by atoms with Gasteiger partial charge in [-0.3, -0.25) is 4.99 Å². The van der Waals surface area contributed by atoms with E-state index in [0.29, 0.717) is 13.2 Å². The molecule has 0 aromatic heterocycles. The number of aliphatic imine (C=N–C) groups is 1. The molecule has 0 amide bonds. The molecule has 1 aromatic rings. The summed E-state index contributed by atoms with van der Waals surface area (Å²) in [6.07, 6.45) is 1.61. The van der Waals surface area contributed by atoms with Gasteiger partial charge in [0.2, 0.25) is 0 Å². The molecule has 0 unspecified atom stereocenters. The molecule has 1 aliphatic heterocycles. The SMILES string of the molecule is COCCN=C(C)/C(=C\N)c1ccc(B2OC(C)(C)C(C)(C)O2)c(C)c1. The van der Waals surface area contributed by atoms with Gasteiger partial charge in [-0.1, -0.05) is 23.8 Å². The van der Waals surface area contributed by atoms with E-state index in [0.717, 1.165) is 27.9 Å². The Morgan fingerprint density at radius 1 is 1.23 bits per heavy atom. The Balaban J connectivity index is 2.26. The number of ether oxygens (including phenoxy) is 1. The third kappa shape index (κ3) is 4.19. The van der Waals surface area contributed by atoms with Crippen LogP contribution >= 0.6 is 0 Å². The molecule has 0 radical (unpaired) electrons. The lowest BCUT2D eigenvalue weighted by molar-refractivity contribution is 0.00578. The number of benzene rings is 1. The number of nitrogens with two attached hydrogens (primary N) is 1. The van der Waals surface area contributed by atoms with Crippen LogP contribution in [0.5, 0.6) is 0 Å². The van der Waals surface area contributed by atoms with Crippen LogP contribution in [0.3, 0.4) is 0 Å². The molecule has 0 atom stereocenters. The molecule has 0 aliphatic carbocycles. The van der Waals surface area contributed by atoms with Gasteiger partial charge in [-0.15, -0.1) is 0 Å². The molecule has 1 aromatic carbocycles. The van der Waals surface area contributed by atoms with Gasteiger partial charge in [0.05, 0.1) is 24.4 Å². The van der Waals surface area contributed by atoms with E-state index in [1.54, 1.807) is 13.3 Å². The Labute approximate surface area is 157 Å². The summed E-state index contributed by atoms with van der Waals surface area (Å²) in [5.41, 5.74) is 10.2. The fourth-order valence-corrected chi connectivity index (χ4v) is 2.89. The van der Waals surface area contributed by atoms with Crippen LogP contribution < -0.4 is 11.2 Å². The summed E-state index contributed by atoms with van der Waals surface area (Å²) in [6, 6.07) is 6.20. The molecule has 0 spiro atoms. The minimum Gasteiger partial charge on any atom is -0.404 e. The highest BCUT2D eigenvalue weighted by Crippen LogP contribution is 2.36. The summed E-state index contributed by atoms with van der Waals surface area (Å²) in [7, 11) is 1.30. The van der Waals surface area contributed by atoms with Crippen LogP contribution in [0.15, 0.2) is 29.4 Å². The van der Waals surface area contributed by atoms with E-state index in [1.165, 1.54) is 0 Å².